The summed E-state index contributed by atoms with van der Waals surface area (Å²) in [6.07, 6.45) is 5.07. The topological polar surface area (TPSA) is 29.9 Å². The highest BCUT2D eigenvalue weighted by molar-refractivity contribution is 5.28. The summed E-state index contributed by atoms with van der Waals surface area (Å²) in [5.41, 5.74) is 0. The summed E-state index contributed by atoms with van der Waals surface area (Å²) in [6, 6.07) is 0.925. The van der Waals surface area contributed by atoms with Gasteiger partial charge in [-0.2, -0.15) is 0 Å². The second-order valence-corrected chi connectivity index (χ2v) is 4.57. The molecule has 0 bridgehead atoms. The van der Waals surface area contributed by atoms with Crippen molar-refractivity contribution < 1.29 is 0 Å². The summed E-state index contributed by atoms with van der Waals surface area (Å²) in [5.74, 6) is 1.65. The highest BCUT2D eigenvalue weighted by atomic mass is 15.2. The summed E-state index contributed by atoms with van der Waals surface area (Å²) in [6.45, 7) is 11.0. The van der Waals surface area contributed by atoms with Crippen LogP contribution in [0.1, 0.15) is 47.1 Å². The van der Waals surface area contributed by atoms with Crippen molar-refractivity contribution >= 4 is 5.95 Å². The molecule has 0 fully saturated rings. The van der Waals surface area contributed by atoms with Crippen molar-refractivity contribution in [3.63, 3.8) is 0 Å². The first-order valence-electron chi connectivity index (χ1n) is 5.85. The van der Waals surface area contributed by atoms with Crippen LogP contribution in [0.3, 0.4) is 0 Å². The molecule has 1 heterocycles. The Balaban J connectivity index is 2.67. The number of nitrogens with one attached hydrogen (secondary N) is 1. The average molecular weight is 209 g/mol. The number of imidazole rings is 1. The number of anilines is 1. The molecule has 1 rings (SSSR count). The minimum absolute atomic E-state index is 0.458. The summed E-state index contributed by atoms with van der Waals surface area (Å²) >= 11 is 0. The Kier molecular flexibility index (Phi) is 4.18. The predicted octanol–water partition coefficient (Wildman–Crippen LogP) is 3.31. The van der Waals surface area contributed by atoms with E-state index in [2.05, 4.69) is 49.5 Å². The molecule has 0 saturated heterocycles. The molecule has 0 spiro atoms. The van der Waals surface area contributed by atoms with Crippen LogP contribution < -0.4 is 5.32 Å². The van der Waals surface area contributed by atoms with Crippen molar-refractivity contribution in [1.82, 2.24) is 9.55 Å². The highest BCUT2D eigenvalue weighted by Gasteiger charge is 2.13. The summed E-state index contributed by atoms with van der Waals surface area (Å²) < 4.78 is 2.17. The molecule has 15 heavy (non-hydrogen) atoms. The molecule has 3 nitrogen and oxygen atoms in total. The van der Waals surface area contributed by atoms with Crippen LogP contribution >= 0.6 is 0 Å². The molecule has 0 aliphatic carbocycles. The molecule has 0 aliphatic rings. The van der Waals surface area contributed by atoms with Crippen LogP contribution in [0.15, 0.2) is 12.4 Å². The molecule has 1 aromatic rings. The summed E-state index contributed by atoms with van der Waals surface area (Å²) in [7, 11) is 0. The normalized spacial score (nSPS) is 15.3. The molecule has 1 aromatic heterocycles. The van der Waals surface area contributed by atoms with Gasteiger partial charge in [-0.15, -0.1) is 0 Å². The highest BCUT2D eigenvalue weighted by Crippen LogP contribution is 2.16. The third kappa shape index (κ3) is 2.98. The molecular formula is C12H23N3. The van der Waals surface area contributed by atoms with E-state index in [0.29, 0.717) is 18.0 Å². The average Bonchev–Trinajstić information content (AvgIpc) is 2.64. The zero-order valence-corrected chi connectivity index (χ0v) is 10.5. The van der Waals surface area contributed by atoms with Crippen molar-refractivity contribution in [3.8, 4) is 0 Å². The lowest BCUT2D eigenvalue weighted by atomic mass is 10.0. The molecule has 0 radical (unpaired) electrons. The Morgan fingerprint density at radius 3 is 2.53 bits per heavy atom. The van der Waals surface area contributed by atoms with E-state index in [-0.39, 0.29) is 0 Å². The molecule has 1 N–H and O–H groups in total. The Hall–Kier alpha value is -0.990. The fourth-order valence-corrected chi connectivity index (χ4v) is 1.54. The summed E-state index contributed by atoms with van der Waals surface area (Å²) in [5, 5.41) is 3.47. The lowest BCUT2D eigenvalue weighted by Crippen LogP contribution is -2.25. The van der Waals surface area contributed by atoms with E-state index in [4.69, 9.17) is 0 Å². The van der Waals surface area contributed by atoms with Crippen molar-refractivity contribution in [2.45, 2.75) is 53.1 Å². The lowest BCUT2D eigenvalue weighted by Gasteiger charge is -2.22. The largest absolute Gasteiger partial charge is 0.353 e. The smallest absolute Gasteiger partial charge is 0.203 e. The van der Waals surface area contributed by atoms with Crippen LogP contribution in [0.5, 0.6) is 0 Å². The molecule has 3 heteroatoms. The number of hydrogen-bond acceptors (Lipinski definition) is 2. The maximum atomic E-state index is 4.35. The monoisotopic (exact) mass is 209 g/mol. The fraction of sp³-hybridized carbons (Fsp3) is 0.750. The Bertz CT molecular complexity index is 291. The molecule has 0 saturated carbocycles. The van der Waals surface area contributed by atoms with Crippen LogP contribution in [0.2, 0.25) is 0 Å². The number of aromatic nitrogens is 2. The van der Waals surface area contributed by atoms with Gasteiger partial charge >= 0.3 is 0 Å². The lowest BCUT2D eigenvalue weighted by molar-refractivity contribution is 0.486. The minimum atomic E-state index is 0.458. The number of rotatable bonds is 5. The van der Waals surface area contributed by atoms with Crippen molar-refractivity contribution in [3.05, 3.63) is 12.4 Å². The number of hydrogen-bond donors (Lipinski definition) is 1. The first kappa shape index (κ1) is 12.1. The first-order valence-corrected chi connectivity index (χ1v) is 5.85. The SMILES string of the molecule is CCC(C)C(C)Nc1nccn1C(C)C. The van der Waals surface area contributed by atoms with Gasteiger partial charge < -0.3 is 9.88 Å². The Labute approximate surface area is 92.9 Å². The van der Waals surface area contributed by atoms with Gasteiger partial charge in [0.2, 0.25) is 5.95 Å². The van der Waals surface area contributed by atoms with Gasteiger partial charge in [0, 0.05) is 24.5 Å². The molecule has 86 valence electrons. The molecule has 0 amide bonds. The van der Waals surface area contributed by atoms with E-state index in [9.17, 15) is 0 Å². The zero-order valence-electron chi connectivity index (χ0n) is 10.5. The molecular weight excluding hydrogens is 186 g/mol. The van der Waals surface area contributed by atoms with Crippen LogP contribution in [0, 0.1) is 5.92 Å². The van der Waals surface area contributed by atoms with Gasteiger partial charge in [-0.3, -0.25) is 0 Å². The zero-order chi connectivity index (χ0) is 11.4. The van der Waals surface area contributed by atoms with E-state index in [0.717, 1.165) is 5.95 Å². The molecule has 2 atom stereocenters. The maximum absolute atomic E-state index is 4.35. The molecule has 0 aliphatic heterocycles. The van der Waals surface area contributed by atoms with Crippen molar-refractivity contribution in [2.24, 2.45) is 5.92 Å². The third-order valence-electron chi connectivity index (χ3n) is 3.08. The fourth-order valence-electron chi connectivity index (χ4n) is 1.54. The third-order valence-corrected chi connectivity index (χ3v) is 3.08. The first-order chi connectivity index (χ1) is 7.06. The second-order valence-electron chi connectivity index (χ2n) is 4.57. The van der Waals surface area contributed by atoms with Crippen LogP contribution in [-0.2, 0) is 0 Å². The molecule has 0 aromatic carbocycles. The van der Waals surface area contributed by atoms with E-state index >= 15 is 0 Å². The van der Waals surface area contributed by atoms with E-state index < -0.39 is 0 Å². The Morgan fingerprint density at radius 1 is 1.33 bits per heavy atom. The van der Waals surface area contributed by atoms with Crippen LogP contribution in [0.25, 0.3) is 0 Å². The van der Waals surface area contributed by atoms with Crippen molar-refractivity contribution in [1.29, 1.82) is 0 Å². The van der Waals surface area contributed by atoms with Crippen LogP contribution in [-0.4, -0.2) is 15.6 Å². The predicted molar refractivity (Wildman–Crippen MR) is 65.2 cm³/mol. The number of nitrogens with zero attached hydrogens (tertiary/aromatic N) is 2. The van der Waals surface area contributed by atoms with E-state index in [1.54, 1.807) is 0 Å². The van der Waals surface area contributed by atoms with Gasteiger partial charge in [0.25, 0.3) is 0 Å². The van der Waals surface area contributed by atoms with Crippen LogP contribution in [0.4, 0.5) is 5.95 Å². The van der Waals surface area contributed by atoms with Gasteiger partial charge in [-0.25, -0.2) is 4.98 Å². The van der Waals surface area contributed by atoms with E-state index in [1.807, 2.05) is 12.4 Å². The van der Waals surface area contributed by atoms with Gasteiger partial charge in [0.05, 0.1) is 0 Å². The van der Waals surface area contributed by atoms with Crippen molar-refractivity contribution in [2.75, 3.05) is 5.32 Å². The van der Waals surface area contributed by atoms with Gasteiger partial charge in [-0.1, -0.05) is 20.3 Å². The second kappa shape index (κ2) is 5.19. The standard InChI is InChI=1S/C12H23N3/c1-6-10(4)11(5)14-12-13-7-8-15(12)9(2)3/h7-11H,6H2,1-5H3,(H,13,14). The quantitative estimate of drug-likeness (QED) is 0.806. The molecule has 2 unspecified atom stereocenters. The summed E-state index contributed by atoms with van der Waals surface area (Å²) in [4.78, 5) is 4.35. The Morgan fingerprint density at radius 2 is 2.00 bits per heavy atom. The van der Waals surface area contributed by atoms with E-state index in [1.165, 1.54) is 6.42 Å². The maximum Gasteiger partial charge on any atom is 0.203 e. The van der Waals surface area contributed by atoms with Gasteiger partial charge in [0.15, 0.2) is 0 Å². The van der Waals surface area contributed by atoms with Gasteiger partial charge in [0.1, 0.15) is 0 Å². The van der Waals surface area contributed by atoms with Gasteiger partial charge in [-0.05, 0) is 26.7 Å². The minimum Gasteiger partial charge on any atom is -0.353 e.